The molecule has 0 aliphatic rings. The molecule has 2 aromatic carbocycles. The van der Waals surface area contributed by atoms with Crippen molar-refractivity contribution in [2.75, 3.05) is 0 Å². The highest BCUT2D eigenvalue weighted by atomic mass is 35.5. The lowest BCUT2D eigenvalue weighted by molar-refractivity contribution is 1.19. The lowest BCUT2D eigenvalue weighted by atomic mass is 10.2. The molecule has 0 saturated carbocycles. The van der Waals surface area contributed by atoms with Crippen LogP contribution in [-0.2, 0) is 0 Å². The van der Waals surface area contributed by atoms with Crippen LogP contribution in [0.1, 0.15) is 0 Å². The summed E-state index contributed by atoms with van der Waals surface area (Å²) in [6.07, 6.45) is 1.64. The average molecular weight is 379 g/mol. The van der Waals surface area contributed by atoms with Crippen molar-refractivity contribution in [3.05, 3.63) is 70.2 Å². The molecule has 0 saturated heterocycles. The van der Waals surface area contributed by atoms with Gasteiger partial charge in [-0.25, -0.2) is 9.97 Å². The summed E-state index contributed by atoms with van der Waals surface area (Å²) >= 11 is 7.38. The number of benzene rings is 2. The fourth-order valence-corrected chi connectivity index (χ4v) is 4.04. The smallest absolute Gasteiger partial charge is 0.269 e. The lowest BCUT2D eigenvalue weighted by Gasteiger charge is -2.01. The normalized spacial score (nSPS) is 11.4. The zero-order valence-corrected chi connectivity index (χ0v) is 14.9. The molecule has 0 aliphatic carbocycles. The van der Waals surface area contributed by atoms with Crippen molar-refractivity contribution in [2.24, 2.45) is 0 Å². The van der Waals surface area contributed by atoms with Crippen molar-refractivity contribution < 1.29 is 0 Å². The van der Waals surface area contributed by atoms with E-state index in [0.717, 1.165) is 27.0 Å². The number of hydrogen-bond acceptors (Lipinski definition) is 4. The minimum absolute atomic E-state index is 0.139. The van der Waals surface area contributed by atoms with Gasteiger partial charge in [-0.2, -0.15) is 0 Å². The van der Waals surface area contributed by atoms with E-state index in [1.807, 2.05) is 48.5 Å². The van der Waals surface area contributed by atoms with Gasteiger partial charge in [-0.05, 0) is 42.0 Å². The highest BCUT2D eigenvalue weighted by molar-refractivity contribution is 7.22. The third-order valence-electron chi connectivity index (χ3n) is 4.21. The molecule has 0 bridgehead atoms. The van der Waals surface area contributed by atoms with E-state index < -0.39 is 0 Å². The van der Waals surface area contributed by atoms with Crippen molar-refractivity contribution in [2.45, 2.75) is 0 Å². The first-order valence-corrected chi connectivity index (χ1v) is 9.10. The van der Waals surface area contributed by atoms with Gasteiger partial charge in [0.1, 0.15) is 10.5 Å². The fraction of sp³-hybridized carbons (Fsp3) is 0. The van der Waals surface area contributed by atoms with Crippen LogP contribution in [0.4, 0.5) is 0 Å². The number of aromatic amines is 2. The molecule has 3 heterocycles. The number of fused-ring (bicyclic) bond motifs is 2. The standard InChI is InChI=1S/C19H11ClN4OS/c20-12-4-1-10(2-5-12)16-8-15-17(26-16)19(25)24-18(23-15)11-3-6-13-14(7-11)22-9-21-13/h1-9H,(H,21,22)(H,23,24,25). The second kappa shape index (κ2) is 5.79. The molecule has 5 aromatic rings. The number of nitrogens with one attached hydrogen (secondary N) is 2. The Hall–Kier alpha value is -2.96. The maximum Gasteiger partial charge on any atom is 0.269 e. The molecule has 5 nitrogen and oxygen atoms in total. The van der Waals surface area contributed by atoms with Crippen molar-refractivity contribution in [1.29, 1.82) is 0 Å². The zero-order chi connectivity index (χ0) is 17.7. The number of imidazole rings is 1. The second-order valence-electron chi connectivity index (χ2n) is 5.88. The Labute approximate surface area is 156 Å². The van der Waals surface area contributed by atoms with Gasteiger partial charge in [0, 0.05) is 15.5 Å². The van der Waals surface area contributed by atoms with Crippen LogP contribution in [0.3, 0.4) is 0 Å². The quantitative estimate of drug-likeness (QED) is 0.461. The van der Waals surface area contributed by atoms with E-state index in [1.165, 1.54) is 11.3 Å². The third kappa shape index (κ3) is 2.51. The first-order valence-electron chi connectivity index (χ1n) is 7.91. The summed E-state index contributed by atoms with van der Waals surface area (Å²) in [5.74, 6) is 0.541. The minimum Gasteiger partial charge on any atom is -0.345 e. The van der Waals surface area contributed by atoms with Crippen LogP contribution >= 0.6 is 22.9 Å². The Bertz CT molecular complexity index is 1320. The molecular formula is C19H11ClN4OS. The summed E-state index contributed by atoms with van der Waals surface area (Å²) in [5, 5.41) is 0.683. The predicted molar refractivity (Wildman–Crippen MR) is 106 cm³/mol. The molecule has 3 aromatic heterocycles. The number of aromatic nitrogens is 4. The topological polar surface area (TPSA) is 74.4 Å². The molecule has 0 amide bonds. The van der Waals surface area contributed by atoms with Gasteiger partial charge in [-0.3, -0.25) is 4.79 Å². The summed E-state index contributed by atoms with van der Waals surface area (Å²) in [4.78, 5) is 28.4. The second-order valence-corrected chi connectivity index (χ2v) is 7.37. The molecule has 0 spiro atoms. The Morgan fingerprint density at radius 1 is 0.962 bits per heavy atom. The van der Waals surface area contributed by atoms with Crippen LogP contribution < -0.4 is 5.56 Å². The summed E-state index contributed by atoms with van der Waals surface area (Å²) in [7, 11) is 0. The van der Waals surface area contributed by atoms with Crippen molar-refractivity contribution in [1.82, 2.24) is 19.9 Å². The van der Waals surface area contributed by atoms with Crippen LogP contribution in [0.2, 0.25) is 5.02 Å². The molecule has 5 rings (SSSR count). The lowest BCUT2D eigenvalue weighted by Crippen LogP contribution is -2.07. The molecule has 0 fully saturated rings. The monoisotopic (exact) mass is 378 g/mol. The third-order valence-corrected chi connectivity index (χ3v) is 5.63. The Balaban J connectivity index is 1.66. The van der Waals surface area contributed by atoms with Gasteiger partial charge in [0.15, 0.2) is 0 Å². The first kappa shape index (κ1) is 15.3. The molecule has 0 atom stereocenters. The molecule has 0 radical (unpaired) electrons. The maximum atomic E-state index is 12.6. The van der Waals surface area contributed by atoms with Crippen molar-refractivity contribution in [3.8, 4) is 21.8 Å². The largest absolute Gasteiger partial charge is 0.345 e. The number of H-pyrrole nitrogens is 2. The van der Waals surface area contributed by atoms with E-state index in [1.54, 1.807) is 6.33 Å². The van der Waals surface area contributed by atoms with Crippen LogP contribution in [0.25, 0.3) is 43.1 Å². The Morgan fingerprint density at radius 3 is 2.62 bits per heavy atom. The fourth-order valence-electron chi connectivity index (χ4n) is 2.92. The summed E-state index contributed by atoms with van der Waals surface area (Å²) in [6, 6.07) is 15.2. The van der Waals surface area contributed by atoms with Gasteiger partial charge >= 0.3 is 0 Å². The summed E-state index contributed by atoms with van der Waals surface area (Å²) in [5.41, 5.74) is 4.16. The molecule has 7 heteroatoms. The van der Waals surface area contributed by atoms with Crippen LogP contribution in [0.15, 0.2) is 59.7 Å². The van der Waals surface area contributed by atoms with Gasteiger partial charge in [0.05, 0.1) is 22.9 Å². The SMILES string of the molecule is O=c1[nH]c(-c2ccc3nc[nH]c3c2)nc2cc(-c3ccc(Cl)cc3)sc12. The molecule has 0 aliphatic heterocycles. The van der Waals surface area contributed by atoms with Crippen LogP contribution in [-0.4, -0.2) is 19.9 Å². The van der Waals surface area contributed by atoms with Gasteiger partial charge in [0.2, 0.25) is 0 Å². The number of hydrogen-bond donors (Lipinski definition) is 2. The molecule has 126 valence electrons. The number of nitrogens with zero attached hydrogens (tertiary/aromatic N) is 2. The highest BCUT2D eigenvalue weighted by Gasteiger charge is 2.12. The number of rotatable bonds is 2. The number of halogens is 1. The van der Waals surface area contributed by atoms with E-state index in [0.29, 0.717) is 21.1 Å². The zero-order valence-electron chi connectivity index (χ0n) is 13.3. The molecule has 2 N–H and O–H groups in total. The van der Waals surface area contributed by atoms with Crippen LogP contribution in [0, 0.1) is 0 Å². The van der Waals surface area contributed by atoms with Crippen LogP contribution in [0.5, 0.6) is 0 Å². The molecule has 26 heavy (non-hydrogen) atoms. The first-order chi connectivity index (χ1) is 12.7. The summed E-state index contributed by atoms with van der Waals surface area (Å²) in [6.45, 7) is 0. The van der Waals surface area contributed by atoms with Gasteiger partial charge in [0.25, 0.3) is 5.56 Å². The number of thiophene rings is 1. The van der Waals surface area contributed by atoms with E-state index in [4.69, 9.17) is 11.6 Å². The van der Waals surface area contributed by atoms with Gasteiger partial charge < -0.3 is 9.97 Å². The highest BCUT2D eigenvalue weighted by Crippen LogP contribution is 2.32. The van der Waals surface area contributed by atoms with E-state index in [-0.39, 0.29) is 5.56 Å². The van der Waals surface area contributed by atoms with Gasteiger partial charge in [-0.1, -0.05) is 23.7 Å². The molecule has 0 unspecified atom stereocenters. The maximum absolute atomic E-state index is 12.6. The van der Waals surface area contributed by atoms with Gasteiger partial charge in [-0.15, -0.1) is 11.3 Å². The molecular weight excluding hydrogens is 368 g/mol. The van der Waals surface area contributed by atoms with E-state index >= 15 is 0 Å². The predicted octanol–water partition coefficient (Wildman–Crippen LogP) is 4.85. The average Bonchev–Trinajstić information content (AvgIpc) is 3.28. The Morgan fingerprint density at radius 2 is 1.77 bits per heavy atom. The van der Waals surface area contributed by atoms with Crippen molar-refractivity contribution >= 4 is 44.2 Å². The summed E-state index contributed by atoms with van der Waals surface area (Å²) < 4.78 is 0.612. The van der Waals surface area contributed by atoms with E-state index in [9.17, 15) is 4.79 Å². The van der Waals surface area contributed by atoms with E-state index in [2.05, 4.69) is 19.9 Å². The minimum atomic E-state index is -0.139. The van der Waals surface area contributed by atoms with Crippen molar-refractivity contribution in [3.63, 3.8) is 0 Å². The Kier molecular flexibility index (Phi) is 3.41.